The molecule has 0 aromatic heterocycles. The van der Waals surface area contributed by atoms with Crippen molar-refractivity contribution in [3.8, 4) is 5.75 Å². The highest BCUT2D eigenvalue weighted by atomic mass is 79.9. The molecule has 64 valence electrons. The van der Waals surface area contributed by atoms with Gasteiger partial charge in [-0.1, -0.05) is 0 Å². The molecule has 0 heterocycles. The first kappa shape index (κ1) is 9.48. The van der Waals surface area contributed by atoms with Crippen molar-refractivity contribution in [3.05, 3.63) is 28.0 Å². The first-order chi connectivity index (χ1) is 5.54. The van der Waals surface area contributed by atoms with Gasteiger partial charge in [0.05, 0.1) is 10.0 Å². The van der Waals surface area contributed by atoms with E-state index in [1.807, 2.05) is 0 Å². The van der Waals surface area contributed by atoms with Gasteiger partial charge >= 0.3 is 0 Å². The van der Waals surface area contributed by atoms with Crippen LogP contribution in [0.5, 0.6) is 5.75 Å². The van der Waals surface area contributed by atoms with E-state index in [1.165, 1.54) is 12.1 Å². The summed E-state index contributed by atoms with van der Waals surface area (Å²) in [7, 11) is 0. The van der Waals surface area contributed by atoms with E-state index in [1.54, 1.807) is 0 Å². The highest BCUT2D eigenvalue weighted by molar-refractivity contribution is 9.10. The average molecular weight is 253 g/mol. The Morgan fingerprint density at radius 1 is 1.58 bits per heavy atom. The van der Waals surface area contributed by atoms with E-state index in [9.17, 15) is 9.18 Å². The topological polar surface area (TPSA) is 37.3 Å². The van der Waals surface area contributed by atoms with Gasteiger partial charge in [0.15, 0.2) is 11.6 Å². The van der Waals surface area contributed by atoms with Crippen molar-refractivity contribution in [3.63, 3.8) is 0 Å². The van der Waals surface area contributed by atoms with Crippen molar-refractivity contribution in [2.75, 3.05) is 0 Å². The zero-order chi connectivity index (χ0) is 9.30. The minimum absolute atomic E-state index is 0.0849. The van der Waals surface area contributed by atoms with E-state index in [0.29, 0.717) is 0 Å². The molecule has 12 heavy (non-hydrogen) atoms. The molecule has 0 amide bonds. The molecule has 0 unspecified atom stereocenters. The molecule has 1 N–H and O–H groups in total. The molecule has 0 saturated carbocycles. The Hall–Kier alpha value is -0.610. The van der Waals surface area contributed by atoms with Crippen LogP contribution in [0.4, 0.5) is 4.39 Å². The first-order valence-corrected chi connectivity index (χ1v) is 4.08. The predicted molar refractivity (Wildman–Crippen MR) is 45.9 cm³/mol. The van der Waals surface area contributed by atoms with E-state index in [4.69, 9.17) is 16.7 Å². The molecule has 1 rings (SSSR count). The monoisotopic (exact) mass is 252 g/mol. The third kappa shape index (κ3) is 1.59. The van der Waals surface area contributed by atoms with Crippen molar-refractivity contribution in [1.82, 2.24) is 0 Å². The Morgan fingerprint density at radius 2 is 2.17 bits per heavy atom. The van der Waals surface area contributed by atoms with Gasteiger partial charge in [-0.25, -0.2) is 4.39 Å². The SMILES string of the molecule is O=C(Cl)c1ccc(Br)c(F)c1O. The Bertz CT molecular complexity index is 340. The Labute approximate surface area is 81.1 Å². The summed E-state index contributed by atoms with van der Waals surface area (Å²) in [4.78, 5) is 10.6. The van der Waals surface area contributed by atoms with Crippen molar-refractivity contribution < 1.29 is 14.3 Å². The number of phenolic OH excluding ortho intramolecular Hbond substituents is 1. The molecule has 0 aliphatic rings. The summed E-state index contributed by atoms with van der Waals surface area (Å²) in [6.45, 7) is 0. The van der Waals surface area contributed by atoms with Gasteiger partial charge in [0.1, 0.15) is 0 Å². The summed E-state index contributed by atoms with van der Waals surface area (Å²) in [5, 5.41) is 8.15. The van der Waals surface area contributed by atoms with Gasteiger partial charge in [0.2, 0.25) is 0 Å². The summed E-state index contributed by atoms with van der Waals surface area (Å²) in [5.41, 5.74) is -0.239. The number of hydrogen-bond donors (Lipinski definition) is 1. The third-order valence-electron chi connectivity index (χ3n) is 1.28. The van der Waals surface area contributed by atoms with Crippen molar-refractivity contribution in [1.29, 1.82) is 0 Å². The van der Waals surface area contributed by atoms with Crippen LogP contribution in [0, 0.1) is 5.82 Å². The van der Waals surface area contributed by atoms with Crippen LogP contribution in [0.1, 0.15) is 10.4 Å². The highest BCUT2D eigenvalue weighted by Crippen LogP contribution is 2.28. The molecular formula is C7H3BrClFO2. The van der Waals surface area contributed by atoms with E-state index < -0.39 is 16.8 Å². The normalized spacial score (nSPS) is 9.92. The zero-order valence-electron chi connectivity index (χ0n) is 5.64. The lowest BCUT2D eigenvalue weighted by atomic mass is 10.2. The van der Waals surface area contributed by atoms with E-state index in [0.717, 1.165) is 0 Å². The molecule has 5 heteroatoms. The number of aromatic hydroxyl groups is 1. The zero-order valence-corrected chi connectivity index (χ0v) is 7.99. The molecule has 1 aromatic rings. The third-order valence-corrected chi connectivity index (χ3v) is 2.10. The standard InChI is InChI=1S/C7H3BrClFO2/c8-4-2-1-3(7(9)12)6(11)5(4)10/h1-2,11H. The van der Waals surface area contributed by atoms with Gasteiger partial charge in [-0.05, 0) is 39.7 Å². The number of hydrogen-bond acceptors (Lipinski definition) is 2. The van der Waals surface area contributed by atoms with Crippen LogP contribution in [0.3, 0.4) is 0 Å². The Kier molecular flexibility index (Phi) is 2.69. The fourth-order valence-corrected chi connectivity index (χ4v) is 1.17. The summed E-state index contributed by atoms with van der Waals surface area (Å²) in [6, 6.07) is 2.53. The minimum atomic E-state index is -0.890. The molecule has 0 radical (unpaired) electrons. The molecule has 0 spiro atoms. The van der Waals surface area contributed by atoms with E-state index >= 15 is 0 Å². The van der Waals surface area contributed by atoms with Crippen LogP contribution in [0.25, 0.3) is 0 Å². The van der Waals surface area contributed by atoms with E-state index in [-0.39, 0.29) is 10.0 Å². The molecule has 2 nitrogen and oxygen atoms in total. The first-order valence-electron chi connectivity index (χ1n) is 2.91. The summed E-state index contributed by atoms with van der Waals surface area (Å²) in [6.07, 6.45) is 0. The van der Waals surface area contributed by atoms with E-state index in [2.05, 4.69) is 15.9 Å². The van der Waals surface area contributed by atoms with Crippen LogP contribution in [0.2, 0.25) is 0 Å². The largest absolute Gasteiger partial charge is 0.504 e. The summed E-state index contributed by atoms with van der Waals surface area (Å²) < 4.78 is 12.9. The second-order valence-electron chi connectivity index (χ2n) is 2.03. The van der Waals surface area contributed by atoms with Gasteiger partial charge in [-0.3, -0.25) is 4.79 Å². The van der Waals surface area contributed by atoms with Gasteiger partial charge in [0, 0.05) is 0 Å². The quantitative estimate of drug-likeness (QED) is 0.781. The van der Waals surface area contributed by atoms with Gasteiger partial charge in [-0.2, -0.15) is 0 Å². The number of halogens is 3. The van der Waals surface area contributed by atoms with Crippen molar-refractivity contribution >= 4 is 32.8 Å². The van der Waals surface area contributed by atoms with Crippen LogP contribution in [-0.2, 0) is 0 Å². The molecule has 0 bridgehead atoms. The molecule has 0 aliphatic heterocycles. The Balaban J connectivity index is 3.36. The van der Waals surface area contributed by atoms with Crippen LogP contribution >= 0.6 is 27.5 Å². The maximum atomic E-state index is 12.8. The van der Waals surface area contributed by atoms with Crippen molar-refractivity contribution in [2.45, 2.75) is 0 Å². The second-order valence-corrected chi connectivity index (χ2v) is 3.23. The average Bonchev–Trinajstić information content (AvgIpc) is 2.00. The molecule has 0 saturated heterocycles. The van der Waals surface area contributed by atoms with Gasteiger partial charge < -0.3 is 5.11 Å². The maximum Gasteiger partial charge on any atom is 0.256 e. The number of benzene rings is 1. The minimum Gasteiger partial charge on any atom is -0.504 e. The summed E-state index contributed by atoms with van der Waals surface area (Å²) in [5.74, 6) is -1.62. The second kappa shape index (κ2) is 3.41. The fourth-order valence-electron chi connectivity index (χ4n) is 0.699. The fraction of sp³-hybridized carbons (Fsp3) is 0. The van der Waals surface area contributed by atoms with Gasteiger partial charge in [-0.15, -0.1) is 0 Å². The Morgan fingerprint density at radius 3 is 2.67 bits per heavy atom. The predicted octanol–water partition coefficient (Wildman–Crippen LogP) is 2.67. The molecule has 0 fully saturated rings. The van der Waals surface area contributed by atoms with Crippen molar-refractivity contribution in [2.24, 2.45) is 0 Å². The highest BCUT2D eigenvalue weighted by Gasteiger charge is 2.14. The number of rotatable bonds is 1. The smallest absolute Gasteiger partial charge is 0.256 e. The van der Waals surface area contributed by atoms with Crippen LogP contribution in [-0.4, -0.2) is 10.3 Å². The lowest BCUT2D eigenvalue weighted by molar-refractivity contribution is 0.107. The molecule has 1 aromatic carbocycles. The summed E-state index contributed by atoms with van der Waals surface area (Å²) >= 11 is 7.89. The van der Waals surface area contributed by atoms with Crippen LogP contribution < -0.4 is 0 Å². The number of phenols is 1. The molecule has 0 atom stereocenters. The molecular weight excluding hydrogens is 250 g/mol. The maximum absolute atomic E-state index is 12.8. The number of carbonyl (C=O) groups is 1. The van der Waals surface area contributed by atoms with Gasteiger partial charge in [0.25, 0.3) is 5.24 Å². The lowest BCUT2D eigenvalue weighted by Crippen LogP contribution is -1.92. The lowest BCUT2D eigenvalue weighted by Gasteiger charge is -2.01. The molecule has 0 aliphatic carbocycles. The number of carbonyl (C=O) groups excluding carboxylic acids is 1. The van der Waals surface area contributed by atoms with Crippen LogP contribution in [0.15, 0.2) is 16.6 Å².